The van der Waals surface area contributed by atoms with Gasteiger partial charge in [-0.05, 0) is 36.8 Å². The number of carbonyl (C=O) groups excluding carboxylic acids is 2. The van der Waals surface area contributed by atoms with Gasteiger partial charge in [0, 0.05) is 6.07 Å². The molecule has 0 unspecified atom stereocenters. The van der Waals surface area contributed by atoms with Crippen LogP contribution in [0.5, 0.6) is 17.2 Å². The zero-order chi connectivity index (χ0) is 19.1. The van der Waals surface area contributed by atoms with Gasteiger partial charge >= 0.3 is 0 Å². The summed E-state index contributed by atoms with van der Waals surface area (Å²) in [7, 11) is 4.54. The van der Waals surface area contributed by atoms with E-state index >= 15 is 0 Å². The van der Waals surface area contributed by atoms with Gasteiger partial charge in [0.1, 0.15) is 23.7 Å². The van der Waals surface area contributed by atoms with Crippen LogP contribution in [0.15, 0.2) is 36.4 Å². The van der Waals surface area contributed by atoms with Crippen molar-refractivity contribution in [3.63, 3.8) is 0 Å². The quantitative estimate of drug-likeness (QED) is 0.743. The predicted molar refractivity (Wildman–Crippen MR) is 99.2 cm³/mol. The molecule has 2 aromatic rings. The van der Waals surface area contributed by atoms with Crippen LogP contribution in [0.1, 0.15) is 12.0 Å². The molecule has 7 heteroatoms. The maximum Gasteiger partial charge on any atom is 0.233 e. The van der Waals surface area contributed by atoms with Crippen molar-refractivity contribution in [3.8, 4) is 17.2 Å². The average Bonchev–Trinajstić information content (AvgIpc) is 2.62. The van der Waals surface area contributed by atoms with E-state index in [1.54, 1.807) is 30.3 Å². The molecule has 2 aromatic carbocycles. The van der Waals surface area contributed by atoms with E-state index in [0.717, 1.165) is 5.56 Å². The third-order valence-electron chi connectivity index (χ3n) is 3.63. The summed E-state index contributed by atoms with van der Waals surface area (Å²) in [5, 5.41) is 5.35. The molecule has 0 saturated heterocycles. The first-order valence-corrected chi connectivity index (χ1v) is 7.93. The highest BCUT2D eigenvalue weighted by Gasteiger charge is 2.14. The average molecular weight is 358 g/mol. The molecular weight excluding hydrogens is 336 g/mol. The number of ether oxygens (including phenoxy) is 3. The smallest absolute Gasteiger partial charge is 0.233 e. The number of anilines is 2. The van der Waals surface area contributed by atoms with Gasteiger partial charge in [-0.1, -0.05) is 6.07 Å². The number of aryl methyl sites for hydroxylation is 1. The summed E-state index contributed by atoms with van der Waals surface area (Å²) >= 11 is 0. The largest absolute Gasteiger partial charge is 0.497 e. The zero-order valence-electron chi connectivity index (χ0n) is 15.2. The fraction of sp³-hybridized carbons (Fsp3) is 0.263. The second kappa shape index (κ2) is 8.75. The molecule has 2 rings (SSSR count). The number of hydrogen-bond donors (Lipinski definition) is 2. The highest BCUT2D eigenvalue weighted by Crippen LogP contribution is 2.29. The van der Waals surface area contributed by atoms with Gasteiger partial charge in [-0.3, -0.25) is 9.59 Å². The van der Waals surface area contributed by atoms with E-state index in [-0.39, 0.29) is 6.42 Å². The van der Waals surface area contributed by atoms with Crippen LogP contribution < -0.4 is 24.8 Å². The lowest BCUT2D eigenvalue weighted by Gasteiger charge is -2.13. The van der Waals surface area contributed by atoms with E-state index in [1.165, 1.54) is 21.3 Å². The summed E-state index contributed by atoms with van der Waals surface area (Å²) in [4.78, 5) is 24.3. The number of carbonyl (C=O) groups is 2. The highest BCUT2D eigenvalue weighted by atomic mass is 16.5. The highest BCUT2D eigenvalue weighted by molar-refractivity contribution is 6.08. The third-order valence-corrected chi connectivity index (χ3v) is 3.63. The van der Waals surface area contributed by atoms with Crippen molar-refractivity contribution >= 4 is 23.2 Å². The Morgan fingerprint density at radius 1 is 0.808 bits per heavy atom. The topological polar surface area (TPSA) is 85.9 Å². The molecule has 0 saturated carbocycles. The Kier molecular flexibility index (Phi) is 6.43. The van der Waals surface area contributed by atoms with Crippen LogP contribution in [0.25, 0.3) is 0 Å². The van der Waals surface area contributed by atoms with E-state index < -0.39 is 11.8 Å². The summed E-state index contributed by atoms with van der Waals surface area (Å²) in [5.41, 5.74) is 1.94. The van der Waals surface area contributed by atoms with Crippen molar-refractivity contribution in [2.45, 2.75) is 13.3 Å². The molecule has 2 amide bonds. The molecule has 138 valence electrons. The molecule has 0 bridgehead atoms. The van der Waals surface area contributed by atoms with Gasteiger partial charge < -0.3 is 24.8 Å². The first-order valence-electron chi connectivity index (χ1n) is 7.93. The van der Waals surface area contributed by atoms with Crippen LogP contribution in [0, 0.1) is 6.92 Å². The molecule has 2 N–H and O–H groups in total. The Morgan fingerprint density at radius 2 is 1.46 bits per heavy atom. The second-order valence-electron chi connectivity index (χ2n) is 5.54. The summed E-state index contributed by atoms with van der Waals surface area (Å²) in [6, 6.07) is 10.4. The first-order chi connectivity index (χ1) is 12.5. The van der Waals surface area contributed by atoms with E-state index in [1.807, 2.05) is 13.0 Å². The minimum atomic E-state index is -0.461. The number of methoxy groups -OCH3 is 3. The van der Waals surface area contributed by atoms with Gasteiger partial charge in [-0.2, -0.15) is 0 Å². The lowest BCUT2D eigenvalue weighted by molar-refractivity contribution is -0.123. The van der Waals surface area contributed by atoms with Crippen LogP contribution in [0.3, 0.4) is 0 Å². The maximum atomic E-state index is 12.2. The number of amides is 2. The van der Waals surface area contributed by atoms with E-state index in [0.29, 0.717) is 28.6 Å². The normalized spacial score (nSPS) is 10.0. The van der Waals surface area contributed by atoms with Crippen LogP contribution in [0.2, 0.25) is 0 Å². The summed E-state index contributed by atoms with van der Waals surface area (Å²) < 4.78 is 15.5. The van der Waals surface area contributed by atoms with Gasteiger partial charge in [0.15, 0.2) is 0 Å². The van der Waals surface area contributed by atoms with Gasteiger partial charge in [-0.15, -0.1) is 0 Å². The van der Waals surface area contributed by atoms with Gasteiger partial charge in [0.2, 0.25) is 11.8 Å². The Balaban J connectivity index is 2.02. The zero-order valence-corrected chi connectivity index (χ0v) is 15.2. The van der Waals surface area contributed by atoms with Gasteiger partial charge in [0.05, 0.1) is 32.7 Å². The lowest BCUT2D eigenvalue weighted by atomic mass is 10.2. The number of rotatable bonds is 7. The monoisotopic (exact) mass is 358 g/mol. The van der Waals surface area contributed by atoms with Crippen molar-refractivity contribution in [1.29, 1.82) is 0 Å². The summed E-state index contributed by atoms with van der Waals surface area (Å²) in [6.07, 6.45) is -0.341. The Hall–Kier alpha value is -3.22. The molecule has 0 aliphatic carbocycles. The van der Waals surface area contributed by atoms with Crippen LogP contribution in [0.4, 0.5) is 11.4 Å². The van der Waals surface area contributed by atoms with Crippen LogP contribution >= 0.6 is 0 Å². The molecule has 0 spiro atoms. The fourth-order valence-corrected chi connectivity index (χ4v) is 2.36. The number of hydrogen-bond acceptors (Lipinski definition) is 5. The summed E-state index contributed by atoms with van der Waals surface area (Å²) in [5.74, 6) is 0.667. The van der Waals surface area contributed by atoms with Gasteiger partial charge in [0.25, 0.3) is 0 Å². The van der Waals surface area contributed by atoms with Gasteiger partial charge in [-0.25, -0.2) is 0 Å². The third kappa shape index (κ3) is 4.89. The minimum absolute atomic E-state index is 0.341. The molecule has 0 aliphatic heterocycles. The SMILES string of the molecule is COc1ccc(NC(=O)CC(=O)Nc2cc(C)ccc2OC)c(OC)c1. The van der Waals surface area contributed by atoms with E-state index in [2.05, 4.69) is 10.6 Å². The molecule has 0 heterocycles. The van der Waals surface area contributed by atoms with E-state index in [9.17, 15) is 9.59 Å². The van der Waals surface area contributed by atoms with Crippen LogP contribution in [-0.2, 0) is 9.59 Å². The van der Waals surface area contributed by atoms with E-state index in [4.69, 9.17) is 14.2 Å². The molecular formula is C19H22N2O5. The molecule has 0 radical (unpaired) electrons. The molecule has 0 aliphatic rings. The standard InChI is InChI=1S/C19H22N2O5/c1-12-5-8-16(25-3)15(9-12)21-19(23)11-18(22)20-14-7-6-13(24-2)10-17(14)26-4/h5-10H,11H2,1-4H3,(H,20,22)(H,21,23). The predicted octanol–water partition coefficient (Wildman–Crippen LogP) is 2.99. The Labute approximate surface area is 152 Å². The van der Waals surface area contributed by atoms with Crippen molar-refractivity contribution in [2.24, 2.45) is 0 Å². The molecule has 26 heavy (non-hydrogen) atoms. The second-order valence-corrected chi connectivity index (χ2v) is 5.54. The van der Waals surface area contributed by atoms with Crippen molar-refractivity contribution in [1.82, 2.24) is 0 Å². The number of benzene rings is 2. The molecule has 0 atom stereocenters. The Bertz CT molecular complexity index is 805. The van der Waals surface area contributed by atoms with Crippen molar-refractivity contribution < 1.29 is 23.8 Å². The molecule has 0 aromatic heterocycles. The van der Waals surface area contributed by atoms with Crippen molar-refractivity contribution in [2.75, 3.05) is 32.0 Å². The maximum absolute atomic E-state index is 12.2. The van der Waals surface area contributed by atoms with Crippen LogP contribution in [-0.4, -0.2) is 33.1 Å². The van der Waals surface area contributed by atoms with Crippen molar-refractivity contribution in [3.05, 3.63) is 42.0 Å². The molecule has 7 nitrogen and oxygen atoms in total. The lowest BCUT2D eigenvalue weighted by Crippen LogP contribution is -2.22. The number of nitrogens with one attached hydrogen (secondary N) is 2. The fourth-order valence-electron chi connectivity index (χ4n) is 2.36. The molecule has 0 fully saturated rings. The summed E-state index contributed by atoms with van der Waals surface area (Å²) in [6.45, 7) is 1.90. The first kappa shape index (κ1) is 19.1. The Morgan fingerprint density at radius 3 is 2.08 bits per heavy atom. The minimum Gasteiger partial charge on any atom is -0.497 e.